The number of halogens is 3. The van der Waals surface area contributed by atoms with Crippen molar-refractivity contribution in [3.63, 3.8) is 0 Å². The lowest BCUT2D eigenvalue weighted by Crippen LogP contribution is -2.15. The van der Waals surface area contributed by atoms with Crippen molar-refractivity contribution in [2.75, 3.05) is 11.1 Å². The van der Waals surface area contributed by atoms with Crippen LogP contribution in [-0.2, 0) is 6.42 Å². The van der Waals surface area contributed by atoms with E-state index in [1.807, 2.05) is 0 Å². The van der Waals surface area contributed by atoms with Crippen LogP contribution in [0.5, 0.6) is 0 Å². The number of nitrogen functional groups attached to an aromatic ring is 1. The van der Waals surface area contributed by atoms with Crippen LogP contribution in [0.3, 0.4) is 0 Å². The van der Waals surface area contributed by atoms with Gasteiger partial charge in [0, 0.05) is 12.1 Å². The molecule has 0 fully saturated rings. The van der Waals surface area contributed by atoms with Crippen molar-refractivity contribution in [1.82, 2.24) is 10.2 Å². The van der Waals surface area contributed by atoms with E-state index in [9.17, 15) is 18.0 Å². The number of aryl methyl sites for hydroxylation is 1. The van der Waals surface area contributed by atoms with Crippen LogP contribution < -0.4 is 11.1 Å². The highest BCUT2D eigenvalue weighted by molar-refractivity contribution is 6.06. The highest BCUT2D eigenvalue weighted by atomic mass is 19.2. The molecule has 1 heterocycles. The fourth-order valence-corrected chi connectivity index (χ4v) is 1.63. The maximum Gasteiger partial charge on any atom is 0.278 e. The molecule has 0 atom stereocenters. The minimum absolute atomic E-state index is 0.132. The third kappa shape index (κ3) is 2.44. The Hall–Kier alpha value is -2.51. The summed E-state index contributed by atoms with van der Waals surface area (Å²) in [6.07, 6.45) is 0.533. The Kier molecular flexibility index (Phi) is 3.64. The van der Waals surface area contributed by atoms with Crippen molar-refractivity contribution in [2.45, 2.75) is 13.3 Å². The van der Waals surface area contributed by atoms with Gasteiger partial charge < -0.3 is 11.1 Å². The Bertz CT molecular complexity index is 669. The third-order valence-corrected chi connectivity index (χ3v) is 2.71. The van der Waals surface area contributed by atoms with E-state index < -0.39 is 29.0 Å². The smallest absolute Gasteiger partial charge is 0.278 e. The van der Waals surface area contributed by atoms with Gasteiger partial charge in [0.15, 0.2) is 17.3 Å². The first-order valence-corrected chi connectivity index (χ1v) is 5.72. The van der Waals surface area contributed by atoms with Gasteiger partial charge in [0.25, 0.3) is 5.91 Å². The number of H-pyrrole nitrogens is 1. The molecule has 0 aliphatic rings. The summed E-state index contributed by atoms with van der Waals surface area (Å²) in [7, 11) is 0. The van der Waals surface area contributed by atoms with E-state index in [1.165, 1.54) is 0 Å². The van der Waals surface area contributed by atoms with Crippen molar-refractivity contribution >= 4 is 17.3 Å². The number of carbonyl (C=O) groups is 1. The maximum atomic E-state index is 13.4. The van der Waals surface area contributed by atoms with Crippen molar-refractivity contribution in [2.24, 2.45) is 0 Å². The highest BCUT2D eigenvalue weighted by Gasteiger charge is 2.19. The van der Waals surface area contributed by atoms with Gasteiger partial charge in [-0.3, -0.25) is 9.89 Å². The van der Waals surface area contributed by atoms with Crippen LogP contribution in [0.4, 0.5) is 24.5 Å². The van der Waals surface area contributed by atoms with Crippen molar-refractivity contribution in [1.29, 1.82) is 0 Å². The molecular formula is C12H11F3N4O. The summed E-state index contributed by atoms with van der Waals surface area (Å²) in [6.45, 7) is 1.81. The molecule has 0 saturated carbocycles. The Morgan fingerprint density at radius 3 is 2.55 bits per heavy atom. The molecule has 8 heteroatoms. The number of carbonyl (C=O) groups excluding carboxylic acids is 1. The first-order valence-electron chi connectivity index (χ1n) is 5.72. The molecule has 0 saturated heterocycles. The van der Waals surface area contributed by atoms with Gasteiger partial charge in [-0.25, -0.2) is 13.2 Å². The summed E-state index contributed by atoms with van der Waals surface area (Å²) in [4.78, 5) is 11.9. The molecule has 1 aromatic carbocycles. The van der Waals surface area contributed by atoms with Gasteiger partial charge in [0.2, 0.25) is 0 Å². The number of nitrogens with one attached hydrogen (secondary N) is 2. The molecule has 0 radical (unpaired) electrons. The lowest BCUT2D eigenvalue weighted by Gasteiger charge is -2.06. The van der Waals surface area contributed by atoms with E-state index in [-0.39, 0.29) is 11.4 Å². The number of nitrogens with zero attached hydrogens (tertiary/aromatic N) is 1. The third-order valence-electron chi connectivity index (χ3n) is 2.71. The molecule has 2 aromatic rings. The Morgan fingerprint density at radius 1 is 1.30 bits per heavy atom. The minimum Gasteiger partial charge on any atom is -0.395 e. The van der Waals surface area contributed by atoms with Crippen molar-refractivity contribution in [3.05, 3.63) is 41.0 Å². The van der Waals surface area contributed by atoms with Crippen LogP contribution in [0.1, 0.15) is 23.1 Å². The first-order chi connectivity index (χ1) is 9.43. The predicted octanol–water partition coefficient (Wildman–Crippen LogP) is 2.22. The first kappa shape index (κ1) is 13.9. The van der Waals surface area contributed by atoms with Gasteiger partial charge >= 0.3 is 0 Å². The molecule has 20 heavy (non-hydrogen) atoms. The number of hydrogen-bond donors (Lipinski definition) is 3. The molecular weight excluding hydrogens is 273 g/mol. The summed E-state index contributed by atoms with van der Waals surface area (Å²) in [5.74, 6) is -4.52. The van der Waals surface area contributed by atoms with Gasteiger partial charge in [0.05, 0.1) is 17.1 Å². The zero-order chi connectivity index (χ0) is 14.9. The van der Waals surface area contributed by atoms with Crippen LogP contribution in [0.15, 0.2) is 12.1 Å². The molecule has 2 rings (SSSR count). The summed E-state index contributed by atoms with van der Waals surface area (Å²) >= 11 is 0. The normalized spacial score (nSPS) is 10.6. The molecule has 0 bridgehead atoms. The average molecular weight is 284 g/mol. The topological polar surface area (TPSA) is 83.8 Å². The monoisotopic (exact) mass is 284 g/mol. The second-order valence-corrected chi connectivity index (χ2v) is 4.02. The summed E-state index contributed by atoms with van der Waals surface area (Å²) in [5, 5.41) is 8.35. The minimum atomic E-state index is -1.34. The molecule has 0 aliphatic carbocycles. The Morgan fingerprint density at radius 2 is 1.95 bits per heavy atom. The molecule has 0 unspecified atom stereocenters. The summed E-state index contributed by atoms with van der Waals surface area (Å²) < 4.78 is 39.2. The van der Waals surface area contributed by atoms with Crippen LogP contribution in [0.25, 0.3) is 0 Å². The second kappa shape index (κ2) is 5.24. The van der Waals surface area contributed by atoms with E-state index in [0.29, 0.717) is 24.2 Å². The lowest BCUT2D eigenvalue weighted by atomic mass is 10.2. The number of aromatic nitrogens is 2. The molecule has 0 spiro atoms. The fourth-order valence-electron chi connectivity index (χ4n) is 1.63. The average Bonchev–Trinajstić information content (AvgIpc) is 2.77. The molecule has 0 aliphatic heterocycles. The number of hydrogen-bond acceptors (Lipinski definition) is 3. The number of benzene rings is 1. The zero-order valence-corrected chi connectivity index (χ0v) is 10.4. The van der Waals surface area contributed by atoms with E-state index in [2.05, 4.69) is 15.5 Å². The van der Waals surface area contributed by atoms with Crippen molar-refractivity contribution < 1.29 is 18.0 Å². The number of rotatable bonds is 3. The number of aromatic amines is 1. The second-order valence-electron chi connectivity index (χ2n) is 4.02. The van der Waals surface area contributed by atoms with E-state index in [0.717, 1.165) is 0 Å². The van der Waals surface area contributed by atoms with Gasteiger partial charge in [-0.05, 0) is 6.42 Å². The lowest BCUT2D eigenvalue weighted by molar-refractivity contribution is 0.102. The van der Waals surface area contributed by atoms with Gasteiger partial charge in [-0.2, -0.15) is 5.10 Å². The number of nitrogens with two attached hydrogens (primary N) is 1. The Labute approximate surface area is 112 Å². The standard InChI is InChI=1S/C12H11F3N4O/c1-2-8-10(16)11(19-18-8)12(20)17-9-4-6(14)5(13)3-7(9)15/h3-4H,2,16H2,1H3,(H,17,20)(H,18,19). The molecule has 106 valence electrons. The molecule has 4 N–H and O–H groups in total. The van der Waals surface area contributed by atoms with E-state index >= 15 is 0 Å². The largest absolute Gasteiger partial charge is 0.395 e. The molecule has 1 aromatic heterocycles. The van der Waals surface area contributed by atoms with Crippen LogP contribution in [0.2, 0.25) is 0 Å². The quantitative estimate of drug-likeness (QED) is 0.756. The van der Waals surface area contributed by atoms with Gasteiger partial charge in [-0.15, -0.1) is 0 Å². The zero-order valence-electron chi connectivity index (χ0n) is 10.4. The van der Waals surface area contributed by atoms with Gasteiger partial charge in [0.1, 0.15) is 5.82 Å². The van der Waals surface area contributed by atoms with E-state index in [4.69, 9.17) is 5.73 Å². The van der Waals surface area contributed by atoms with Crippen LogP contribution in [0, 0.1) is 17.5 Å². The SMILES string of the molecule is CCc1[nH]nc(C(=O)Nc2cc(F)c(F)cc2F)c1N. The van der Waals surface area contributed by atoms with Gasteiger partial charge in [-0.1, -0.05) is 6.92 Å². The fraction of sp³-hybridized carbons (Fsp3) is 0.167. The summed E-state index contributed by atoms with van der Waals surface area (Å²) in [6, 6.07) is 0.891. The molecule has 1 amide bonds. The highest BCUT2D eigenvalue weighted by Crippen LogP contribution is 2.21. The predicted molar refractivity (Wildman–Crippen MR) is 66.6 cm³/mol. The van der Waals surface area contributed by atoms with Crippen LogP contribution in [-0.4, -0.2) is 16.1 Å². The van der Waals surface area contributed by atoms with E-state index in [1.54, 1.807) is 6.92 Å². The van der Waals surface area contributed by atoms with Crippen LogP contribution >= 0.6 is 0 Å². The van der Waals surface area contributed by atoms with Crippen molar-refractivity contribution in [3.8, 4) is 0 Å². The molecule has 5 nitrogen and oxygen atoms in total. The maximum absolute atomic E-state index is 13.4. The Balaban J connectivity index is 2.28. The number of anilines is 2. The number of amides is 1. The summed E-state index contributed by atoms with van der Waals surface area (Å²) in [5.41, 5.74) is 5.74.